The second-order valence-electron chi connectivity index (χ2n) is 5.94. The topological polar surface area (TPSA) is 75.6 Å². The van der Waals surface area contributed by atoms with Crippen LogP contribution in [0.4, 0.5) is 5.69 Å². The van der Waals surface area contributed by atoms with Crippen LogP contribution in [0.3, 0.4) is 0 Å². The Labute approximate surface area is 161 Å². The highest BCUT2D eigenvalue weighted by Crippen LogP contribution is 2.31. The van der Waals surface area contributed by atoms with E-state index in [1.807, 2.05) is 19.1 Å². The van der Waals surface area contributed by atoms with Crippen LogP contribution in [0, 0.1) is 6.92 Å². The summed E-state index contributed by atoms with van der Waals surface area (Å²) in [6, 6.07) is 11.3. The number of hydrogen-bond donors (Lipinski definition) is 3. The molecule has 2 unspecified atom stereocenters. The summed E-state index contributed by atoms with van der Waals surface area (Å²) >= 11 is 10.7. The van der Waals surface area contributed by atoms with Crippen molar-refractivity contribution in [3.63, 3.8) is 0 Å². The number of benzene rings is 1. The lowest BCUT2D eigenvalue weighted by Gasteiger charge is -2.15. The molecule has 0 aliphatic carbocycles. The summed E-state index contributed by atoms with van der Waals surface area (Å²) in [7, 11) is 0. The van der Waals surface area contributed by atoms with Gasteiger partial charge in [0, 0.05) is 6.42 Å². The van der Waals surface area contributed by atoms with Gasteiger partial charge < -0.3 is 19.3 Å². The summed E-state index contributed by atoms with van der Waals surface area (Å²) in [5.41, 5.74) is 1.52. The van der Waals surface area contributed by atoms with Gasteiger partial charge in [-0.2, -0.15) is 12.6 Å². The highest BCUT2D eigenvalue weighted by atomic mass is 35.5. The summed E-state index contributed by atoms with van der Waals surface area (Å²) < 4.78 is 11.1. The lowest BCUT2D eigenvalue weighted by atomic mass is 10.2. The van der Waals surface area contributed by atoms with E-state index in [-0.39, 0.29) is 11.0 Å². The van der Waals surface area contributed by atoms with Crippen molar-refractivity contribution in [1.29, 1.82) is 0 Å². The van der Waals surface area contributed by atoms with Crippen LogP contribution in [0.1, 0.15) is 34.1 Å². The smallest absolute Gasteiger partial charge is 0.334 e. The molecule has 0 aliphatic rings. The molecule has 0 saturated carbocycles. The predicted molar refractivity (Wildman–Crippen MR) is 103 cm³/mol. The molecular formula is C19H18ClNO4S. The van der Waals surface area contributed by atoms with E-state index in [4.69, 9.17) is 20.4 Å². The van der Waals surface area contributed by atoms with Crippen LogP contribution in [-0.2, 0) is 11.2 Å². The van der Waals surface area contributed by atoms with E-state index < -0.39 is 12.0 Å². The van der Waals surface area contributed by atoms with E-state index in [9.17, 15) is 9.90 Å². The number of rotatable bonds is 7. The second kappa shape index (κ2) is 7.93. The Hall–Kier alpha value is -2.31. The summed E-state index contributed by atoms with van der Waals surface area (Å²) in [5.74, 6) is 0.567. The molecule has 0 aliphatic heterocycles. The van der Waals surface area contributed by atoms with Gasteiger partial charge in [0.25, 0.3) is 0 Å². The lowest BCUT2D eigenvalue weighted by Crippen LogP contribution is -2.20. The fourth-order valence-electron chi connectivity index (χ4n) is 2.57. The first-order chi connectivity index (χ1) is 12.4. The first kappa shape index (κ1) is 18.5. The van der Waals surface area contributed by atoms with Crippen LogP contribution in [0.2, 0.25) is 5.02 Å². The highest BCUT2D eigenvalue weighted by Gasteiger charge is 2.25. The molecule has 0 spiro atoms. The number of anilines is 1. The molecule has 1 aromatic carbocycles. The maximum absolute atomic E-state index is 11.7. The van der Waals surface area contributed by atoms with Crippen molar-refractivity contribution >= 4 is 35.9 Å². The summed E-state index contributed by atoms with van der Waals surface area (Å²) in [6.07, 6.45) is 2.14. The summed E-state index contributed by atoms with van der Waals surface area (Å²) in [5, 5.41) is 12.7. The van der Waals surface area contributed by atoms with Crippen molar-refractivity contribution in [2.24, 2.45) is 0 Å². The molecule has 0 fully saturated rings. The number of carboxylic acids is 1. The number of furan rings is 2. The molecule has 3 rings (SSSR count). The number of aliphatic carboxylic acids is 1. The number of hydrogen-bond acceptors (Lipinski definition) is 5. The largest absolute Gasteiger partial charge is 0.479 e. The minimum Gasteiger partial charge on any atom is -0.479 e. The molecule has 2 N–H and O–H groups in total. The zero-order valence-corrected chi connectivity index (χ0v) is 15.6. The monoisotopic (exact) mass is 391 g/mol. The van der Waals surface area contributed by atoms with Gasteiger partial charge in [0.1, 0.15) is 17.3 Å². The predicted octanol–water partition coefficient (Wildman–Crippen LogP) is 5.29. The van der Waals surface area contributed by atoms with E-state index in [0.717, 1.165) is 11.3 Å². The van der Waals surface area contributed by atoms with Crippen LogP contribution in [-0.4, -0.2) is 11.1 Å². The number of carbonyl (C=O) groups is 1. The Balaban J connectivity index is 1.78. The third-order valence-electron chi connectivity index (χ3n) is 3.91. The average Bonchev–Trinajstić information content (AvgIpc) is 3.25. The zero-order valence-electron chi connectivity index (χ0n) is 14.0. The van der Waals surface area contributed by atoms with Gasteiger partial charge in [-0.05, 0) is 48.9 Å². The molecule has 2 heterocycles. The lowest BCUT2D eigenvalue weighted by molar-refractivity contribution is -0.138. The van der Waals surface area contributed by atoms with Gasteiger partial charge in [0.15, 0.2) is 6.04 Å². The molecule has 136 valence electrons. The van der Waals surface area contributed by atoms with Crippen LogP contribution in [0.25, 0.3) is 0 Å². The third-order valence-corrected chi connectivity index (χ3v) is 4.66. The molecule has 3 aromatic rings. The Morgan fingerprint density at radius 2 is 2.04 bits per heavy atom. The maximum atomic E-state index is 11.7. The number of nitrogens with one attached hydrogen (secondary N) is 1. The standard InChI is InChI=1S/C19H18ClNO4S/c1-11-4-5-14(13(20)9-11)21-18(19(22)23)16-7-6-15(25-16)17(26)10-12-3-2-8-24-12/h2-9,17-18,21,26H,10H2,1H3,(H,22,23). The first-order valence-corrected chi connectivity index (χ1v) is 8.89. The average molecular weight is 392 g/mol. The molecule has 5 nitrogen and oxygen atoms in total. The molecule has 7 heteroatoms. The first-order valence-electron chi connectivity index (χ1n) is 7.99. The molecule has 2 aromatic heterocycles. The van der Waals surface area contributed by atoms with Crippen molar-refractivity contribution in [2.75, 3.05) is 5.32 Å². The van der Waals surface area contributed by atoms with E-state index in [1.165, 1.54) is 0 Å². The van der Waals surface area contributed by atoms with E-state index in [0.29, 0.717) is 22.9 Å². The summed E-state index contributed by atoms with van der Waals surface area (Å²) in [6.45, 7) is 1.91. The summed E-state index contributed by atoms with van der Waals surface area (Å²) in [4.78, 5) is 11.7. The van der Waals surface area contributed by atoms with Gasteiger partial charge in [-0.3, -0.25) is 0 Å². The fourth-order valence-corrected chi connectivity index (χ4v) is 3.18. The Kier molecular flexibility index (Phi) is 5.64. The minimum absolute atomic E-state index is 0.243. The second-order valence-corrected chi connectivity index (χ2v) is 6.97. The normalized spacial score (nSPS) is 13.3. The van der Waals surface area contributed by atoms with Gasteiger partial charge in [-0.1, -0.05) is 17.7 Å². The molecular weight excluding hydrogens is 374 g/mol. The highest BCUT2D eigenvalue weighted by molar-refractivity contribution is 7.80. The van der Waals surface area contributed by atoms with Crippen molar-refractivity contribution in [2.45, 2.75) is 24.6 Å². The third kappa shape index (κ3) is 4.26. The SMILES string of the molecule is Cc1ccc(NC(C(=O)O)c2ccc(C(S)Cc3ccco3)o2)c(Cl)c1. The van der Waals surface area contributed by atoms with Gasteiger partial charge in [0.05, 0.1) is 22.2 Å². The van der Waals surface area contributed by atoms with Gasteiger partial charge in [-0.25, -0.2) is 4.79 Å². The van der Waals surface area contributed by atoms with E-state index in [2.05, 4.69) is 17.9 Å². The number of carboxylic acid groups (broad SMARTS) is 1. The van der Waals surface area contributed by atoms with Crippen LogP contribution in [0.15, 0.2) is 57.6 Å². The molecule has 0 amide bonds. The van der Waals surface area contributed by atoms with Gasteiger partial charge in [-0.15, -0.1) is 0 Å². The van der Waals surface area contributed by atoms with Gasteiger partial charge in [0.2, 0.25) is 0 Å². The zero-order chi connectivity index (χ0) is 18.7. The number of thiol groups is 1. The fraction of sp³-hybridized carbons (Fsp3) is 0.211. The van der Waals surface area contributed by atoms with Crippen molar-refractivity contribution in [1.82, 2.24) is 0 Å². The van der Waals surface area contributed by atoms with Crippen molar-refractivity contribution < 1.29 is 18.7 Å². The molecule has 0 bridgehead atoms. The molecule has 26 heavy (non-hydrogen) atoms. The van der Waals surface area contributed by atoms with Crippen LogP contribution >= 0.6 is 24.2 Å². The van der Waals surface area contributed by atoms with Gasteiger partial charge >= 0.3 is 5.97 Å². The Morgan fingerprint density at radius 1 is 1.27 bits per heavy atom. The van der Waals surface area contributed by atoms with Crippen LogP contribution < -0.4 is 5.32 Å². The number of halogens is 1. The van der Waals surface area contributed by atoms with Crippen molar-refractivity contribution in [3.05, 3.63) is 76.6 Å². The molecule has 0 saturated heterocycles. The van der Waals surface area contributed by atoms with E-state index >= 15 is 0 Å². The van der Waals surface area contributed by atoms with Crippen molar-refractivity contribution in [3.8, 4) is 0 Å². The Bertz CT molecular complexity index is 891. The minimum atomic E-state index is -1.07. The number of aryl methyl sites for hydroxylation is 1. The Morgan fingerprint density at radius 3 is 2.69 bits per heavy atom. The van der Waals surface area contributed by atoms with E-state index in [1.54, 1.807) is 36.6 Å². The molecule has 2 atom stereocenters. The van der Waals surface area contributed by atoms with Crippen LogP contribution in [0.5, 0.6) is 0 Å². The quantitative estimate of drug-likeness (QED) is 0.477. The molecule has 0 radical (unpaired) electrons. The maximum Gasteiger partial charge on any atom is 0.334 e.